The largest absolute Gasteiger partial charge is 0.369 e. The van der Waals surface area contributed by atoms with Gasteiger partial charge < -0.3 is 5.73 Å². The van der Waals surface area contributed by atoms with Crippen LogP contribution in [-0.4, -0.2) is 16.6 Å². The first-order valence-corrected chi connectivity index (χ1v) is 6.76. The molecule has 0 aliphatic rings. The van der Waals surface area contributed by atoms with E-state index in [1.807, 2.05) is 13.8 Å². The molecule has 0 radical (unpaired) electrons. The van der Waals surface area contributed by atoms with Crippen LogP contribution in [0.4, 0.5) is 0 Å². The number of rotatable bonds is 3. The van der Waals surface area contributed by atoms with Gasteiger partial charge in [0.2, 0.25) is 5.91 Å². The maximum atomic E-state index is 10.8. The summed E-state index contributed by atoms with van der Waals surface area (Å²) in [6, 6.07) is 6.31. The van der Waals surface area contributed by atoms with Crippen molar-refractivity contribution in [3.63, 3.8) is 0 Å². The van der Waals surface area contributed by atoms with Gasteiger partial charge in [0.25, 0.3) is 0 Å². The van der Waals surface area contributed by atoms with Crippen molar-refractivity contribution in [2.45, 2.75) is 25.8 Å². The Morgan fingerprint density at radius 2 is 1.89 bits per heavy atom. The topological polar surface area (TPSA) is 56.0 Å². The maximum Gasteiger partial charge on any atom is 0.227 e. The molecule has 4 heteroatoms. The van der Waals surface area contributed by atoms with Crippen LogP contribution in [-0.2, 0) is 4.79 Å². The molecule has 2 rings (SSSR count). The second-order valence-electron chi connectivity index (χ2n) is 4.46. The van der Waals surface area contributed by atoms with Gasteiger partial charge in [-0.25, -0.2) is 4.98 Å². The van der Waals surface area contributed by atoms with E-state index in [1.165, 1.54) is 22.7 Å². The molecule has 0 atom stereocenters. The molecular weight excluding hydrogens is 244 g/mol. The van der Waals surface area contributed by atoms with Gasteiger partial charge in [0, 0.05) is 5.39 Å². The van der Waals surface area contributed by atoms with Crippen LogP contribution in [0.2, 0.25) is 0 Å². The van der Waals surface area contributed by atoms with Crippen molar-refractivity contribution in [1.82, 2.24) is 4.98 Å². The minimum absolute atomic E-state index is 0.268. The summed E-state index contributed by atoms with van der Waals surface area (Å²) in [7, 11) is 0. The van der Waals surface area contributed by atoms with Gasteiger partial charge in [-0.3, -0.25) is 4.79 Å². The zero-order valence-electron chi connectivity index (χ0n) is 10.8. The first-order valence-electron chi connectivity index (χ1n) is 5.77. The monoisotopic (exact) mass is 260 g/mol. The molecule has 0 aliphatic heterocycles. The lowest BCUT2D eigenvalue weighted by Gasteiger charge is -2.09. The zero-order chi connectivity index (χ0) is 13.3. The molecule has 94 valence electrons. The number of fused-ring (bicyclic) bond motifs is 1. The third kappa shape index (κ3) is 2.48. The van der Waals surface area contributed by atoms with Crippen LogP contribution in [0, 0.1) is 20.8 Å². The molecule has 0 saturated carbocycles. The molecule has 2 N–H and O–H groups in total. The van der Waals surface area contributed by atoms with Crippen LogP contribution >= 0.6 is 11.8 Å². The highest BCUT2D eigenvalue weighted by Crippen LogP contribution is 2.27. The third-order valence-corrected chi connectivity index (χ3v) is 4.02. The van der Waals surface area contributed by atoms with Gasteiger partial charge in [0.05, 0.1) is 11.3 Å². The average molecular weight is 260 g/mol. The van der Waals surface area contributed by atoms with E-state index in [2.05, 4.69) is 30.1 Å². The summed E-state index contributed by atoms with van der Waals surface area (Å²) in [6.45, 7) is 6.14. The van der Waals surface area contributed by atoms with Crippen molar-refractivity contribution in [2.75, 3.05) is 5.75 Å². The number of pyridine rings is 1. The number of aryl methyl sites for hydroxylation is 3. The second kappa shape index (κ2) is 4.98. The van der Waals surface area contributed by atoms with E-state index in [0.717, 1.165) is 21.7 Å². The number of benzene rings is 1. The van der Waals surface area contributed by atoms with Crippen LogP contribution in [0.15, 0.2) is 23.2 Å². The minimum Gasteiger partial charge on any atom is -0.369 e. The summed E-state index contributed by atoms with van der Waals surface area (Å²) in [4.78, 5) is 15.5. The fraction of sp³-hybridized carbons (Fsp3) is 0.286. The van der Waals surface area contributed by atoms with Crippen LogP contribution < -0.4 is 5.73 Å². The molecule has 0 unspecified atom stereocenters. The van der Waals surface area contributed by atoms with Crippen LogP contribution in [0.1, 0.15) is 16.7 Å². The quantitative estimate of drug-likeness (QED) is 0.863. The van der Waals surface area contributed by atoms with Gasteiger partial charge in [0.1, 0.15) is 5.03 Å². The first-order chi connectivity index (χ1) is 8.49. The third-order valence-electron chi connectivity index (χ3n) is 2.90. The molecule has 2 aromatic rings. The van der Waals surface area contributed by atoms with Gasteiger partial charge in [-0.2, -0.15) is 0 Å². The number of amides is 1. The molecule has 0 saturated heterocycles. The number of carbonyl (C=O) groups excluding carboxylic acids is 1. The highest BCUT2D eigenvalue weighted by molar-refractivity contribution is 7.99. The smallest absolute Gasteiger partial charge is 0.227 e. The molecule has 0 fully saturated rings. The highest BCUT2D eigenvalue weighted by Gasteiger charge is 2.08. The lowest BCUT2D eigenvalue weighted by atomic mass is 10.0. The second-order valence-corrected chi connectivity index (χ2v) is 5.42. The van der Waals surface area contributed by atoms with E-state index in [9.17, 15) is 4.79 Å². The number of aromatic nitrogens is 1. The fourth-order valence-corrected chi connectivity index (χ4v) is 2.62. The number of primary amides is 1. The van der Waals surface area contributed by atoms with Crippen molar-refractivity contribution in [3.05, 3.63) is 34.9 Å². The van der Waals surface area contributed by atoms with Crippen LogP contribution in [0.25, 0.3) is 10.9 Å². The van der Waals surface area contributed by atoms with Crippen LogP contribution in [0.5, 0.6) is 0 Å². The van der Waals surface area contributed by atoms with Gasteiger partial charge in [-0.1, -0.05) is 23.9 Å². The van der Waals surface area contributed by atoms with Crippen molar-refractivity contribution in [2.24, 2.45) is 5.73 Å². The Hall–Kier alpha value is -1.55. The highest BCUT2D eigenvalue weighted by atomic mass is 32.2. The normalized spacial score (nSPS) is 10.8. The van der Waals surface area contributed by atoms with E-state index in [-0.39, 0.29) is 11.7 Å². The van der Waals surface area contributed by atoms with E-state index in [0.29, 0.717) is 0 Å². The number of carbonyl (C=O) groups is 1. The van der Waals surface area contributed by atoms with Crippen molar-refractivity contribution in [1.29, 1.82) is 0 Å². The van der Waals surface area contributed by atoms with Gasteiger partial charge in [-0.05, 0) is 43.5 Å². The zero-order valence-corrected chi connectivity index (χ0v) is 11.6. The standard InChI is InChI=1S/C14H16N2OS/c1-8-4-5-9(2)13-11(8)6-10(3)14(16-13)18-7-12(15)17/h4-6H,7H2,1-3H3,(H2,15,17). The van der Waals surface area contributed by atoms with Gasteiger partial charge >= 0.3 is 0 Å². The summed E-state index contributed by atoms with van der Waals surface area (Å²) in [5, 5.41) is 2.06. The maximum absolute atomic E-state index is 10.8. The molecule has 1 aromatic heterocycles. The first kappa shape index (κ1) is 12.9. The van der Waals surface area contributed by atoms with Gasteiger partial charge in [0.15, 0.2) is 0 Å². The average Bonchev–Trinajstić information content (AvgIpc) is 2.32. The Morgan fingerprint density at radius 1 is 1.22 bits per heavy atom. The summed E-state index contributed by atoms with van der Waals surface area (Å²) in [5.41, 5.74) is 9.63. The molecule has 18 heavy (non-hydrogen) atoms. The molecule has 3 nitrogen and oxygen atoms in total. The number of nitrogens with zero attached hydrogens (tertiary/aromatic N) is 1. The van der Waals surface area contributed by atoms with E-state index in [4.69, 9.17) is 5.73 Å². The molecular formula is C14H16N2OS. The SMILES string of the molecule is Cc1cc2c(C)ccc(C)c2nc1SCC(N)=O. The summed E-state index contributed by atoms with van der Waals surface area (Å²) in [5.74, 6) is -0.0493. The minimum atomic E-state index is -0.317. The molecule has 1 heterocycles. The van der Waals surface area contributed by atoms with E-state index >= 15 is 0 Å². The Kier molecular flexibility index (Phi) is 3.57. The van der Waals surface area contributed by atoms with Crippen molar-refractivity contribution in [3.8, 4) is 0 Å². The Bertz CT molecular complexity index is 623. The summed E-state index contributed by atoms with van der Waals surface area (Å²) in [6.07, 6.45) is 0. The lowest BCUT2D eigenvalue weighted by molar-refractivity contribution is -0.115. The molecule has 1 aromatic carbocycles. The Balaban J connectivity index is 2.54. The van der Waals surface area contributed by atoms with Gasteiger partial charge in [-0.15, -0.1) is 0 Å². The molecule has 0 bridgehead atoms. The van der Waals surface area contributed by atoms with Crippen molar-refractivity contribution < 1.29 is 4.79 Å². The number of hydrogen-bond donors (Lipinski definition) is 1. The van der Waals surface area contributed by atoms with E-state index < -0.39 is 0 Å². The fourth-order valence-electron chi connectivity index (χ4n) is 1.90. The lowest BCUT2D eigenvalue weighted by Crippen LogP contribution is -2.13. The molecule has 1 amide bonds. The van der Waals surface area contributed by atoms with Crippen molar-refractivity contribution >= 4 is 28.6 Å². The number of thioether (sulfide) groups is 1. The Labute approximate surface area is 111 Å². The summed E-state index contributed by atoms with van der Waals surface area (Å²) >= 11 is 1.40. The number of hydrogen-bond acceptors (Lipinski definition) is 3. The number of nitrogens with two attached hydrogens (primary N) is 1. The predicted octanol–water partition coefficient (Wildman–Crippen LogP) is 2.74. The predicted molar refractivity (Wildman–Crippen MR) is 75.9 cm³/mol. The van der Waals surface area contributed by atoms with E-state index in [1.54, 1.807) is 0 Å². The molecule has 0 aliphatic carbocycles. The molecule has 0 spiro atoms. The Morgan fingerprint density at radius 3 is 2.56 bits per heavy atom. The summed E-state index contributed by atoms with van der Waals surface area (Å²) < 4.78 is 0. The van der Waals surface area contributed by atoms with Crippen LogP contribution in [0.3, 0.4) is 0 Å².